The number of carbonyl (C=O) groups is 1. The molecule has 3 unspecified atom stereocenters. The van der Waals surface area contributed by atoms with Crippen LogP contribution in [0.5, 0.6) is 0 Å². The molecule has 1 saturated heterocycles. The summed E-state index contributed by atoms with van der Waals surface area (Å²) < 4.78 is 10.9. The van der Waals surface area contributed by atoms with Crippen molar-refractivity contribution in [2.45, 2.75) is 58.5 Å². The Morgan fingerprint density at radius 2 is 2.24 bits per heavy atom. The van der Waals surface area contributed by atoms with Crippen molar-refractivity contribution in [1.29, 1.82) is 0 Å². The third kappa shape index (κ3) is 2.65. The SMILES string of the molecule is CCCCCC1OCC2CC21CC(=O)OCC. The van der Waals surface area contributed by atoms with Gasteiger partial charge in [0.05, 0.1) is 25.7 Å². The summed E-state index contributed by atoms with van der Waals surface area (Å²) in [6.07, 6.45) is 6.89. The van der Waals surface area contributed by atoms with Crippen LogP contribution in [-0.4, -0.2) is 25.3 Å². The highest BCUT2D eigenvalue weighted by Gasteiger charge is 2.64. The zero-order chi connectivity index (χ0) is 12.3. The molecule has 1 aliphatic carbocycles. The zero-order valence-corrected chi connectivity index (χ0v) is 11.0. The second kappa shape index (κ2) is 5.38. The molecule has 2 fully saturated rings. The summed E-state index contributed by atoms with van der Waals surface area (Å²) >= 11 is 0. The first-order valence-electron chi connectivity index (χ1n) is 7.00. The van der Waals surface area contributed by atoms with Crippen LogP contribution in [0.3, 0.4) is 0 Å². The van der Waals surface area contributed by atoms with Crippen molar-refractivity contribution < 1.29 is 14.3 Å². The first-order valence-corrected chi connectivity index (χ1v) is 7.00. The average Bonchev–Trinajstić information content (AvgIpc) is 2.89. The summed E-state index contributed by atoms with van der Waals surface area (Å²) in [6, 6.07) is 0. The number of hydrogen-bond donors (Lipinski definition) is 0. The van der Waals surface area contributed by atoms with Crippen LogP contribution in [0.1, 0.15) is 52.4 Å². The lowest BCUT2D eigenvalue weighted by atomic mass is 9.90. The van der Waals surface area contributed by atoms with Crippen LogP contribution in [0.15, 0.2) is 0 Å². The third-order valence-corrected chi connectivity index (χ3v) is 4.27. The van der Waals surface area contributed by atoms with E-state index in [1.54, 1.807) is 0 Å². The molecule has 0 aromatic carbocycles. The van der Waals surface area contributed by atoms with Gasteiger partial charge in [0.15, 0.2) is 0 Å². The summed E-state index contributed by atoms with van der Waals surface area (Å²) in [5, 5.41) is 0. The summed E-state index contributed by atoms with van der Waals surface area (Å²) in [7, 11) is 0. The highest BCUT2D eigenvalue weighted by molar-refractivity contribution is 5.71. The molecule has 0 aromatic heterocycles. The lowest BCUT2D eigenvalue weighted by Crippen LogP contribution is -2.25. The van der Waals surface area contributed by atoms with E-state index in [2.05, 4.69) is 6.92 Å². The Balaban J connectivity index is 1.83. The van der Waals surface area contributed by atoms with Gasteiger partial charge in [-0.3, -0.25) is 4.79 Å². The average molecular weight is 240 g/mol. The normalized spacial score (nSPS) is 34.5. The molecule has 0 bridgehead atoms. The summed E-state index contributed by atoms with van der Waals surface area (Å²) in [5.41, 5.74) is 0.153. The number of rotatable bonds is 7. The lowest BCUT2D eigenvalue weighted by molar-refractivity contribution is -0.145. The Morgan fingerprint density at radius 3 is 2.88 bits per heavy atom. The van der Waals surface area contributed by atoms with E-state index >= 15 is 0 Å². The molecule has 0 aromatic rings. The van der Waals surface area contributed by atoms with E-state index in [9.17, 15) is 4.79 Å². The molecule has 2 rings (SSSR count). The first kappa shape index (κ1) is 12.9. The van der Waals surface area contributed by atoms with Crippen LogP contribution in [0.25, 0.3) is 0 Å². The Bertz CT molecular complexity index is 277. The molecule has 98 valence electrons. The molecule has 2 aliphatic rings. The first-order chi connectivity index (χ1) is 8.23. The highest BCUT2D eigenvalue weighted by Crippen LogP contribution is 2.63. The molecule has 0 radical (unpaired) electrons. The van der Waals surface area contributed by atoms with Crippen molar-refractivity contribution in [2.24, 2.45) is 11.3 Å². The molecule has 3 nitrogen and oxygen atoms in total. The Morgan fingerprint density at radius 1 is 1.41 bits per heavy atom. The van der Waals surface area contributed by atoms with Gasteiger partial charge >= 0.3 is 5.97 Å². The molecule has 0 spiro atoms. The van der Waals surface area contributed by atoms with Gasteiger partial charge in [0.1, 0.15) is 0 Å². The van der Waals surface area contributed by atoms with E-state index in [4.69, 9.17) is 9.47 Å². The second-order valence-electron chi connectivity index (χ2n) is 5.43. The minimum absolute atomic E-state index is 0.0407. The number of unbranched alkanes of at least 4 members (excludes halogenated alkanes) is 2. The minimum Gasteiger partial charge on any atom is -0.466 e. The van der Waals surface area contributed by atoms with Crippen molar-refractivity contribution in [2.75, 3.05) is 13.2 Å². The van der Waals surface area contributed by atoms with Gasteiger partial charge in [-0.2, -0.15) is 0 Å². The van der Waals surface area contributed by atoms with Crippen LogP contribution in [0, 0.1) is 11.3 Å². The lowest BCUT2D eigenvalue weighted by Gasteiger charge is -2.21. The Hall–Kier alpha value is -0.570. The van der Waals surface area contributed by atoms with E-state index < -0.39 is 0 Å². The van der Waals surface area contributed by atoms with Crippen LogP contribution < -0.4 is 0 Å². The third-order valence-electron chi connectivity index (χ3n) is 4.27. The van der Waals surface area contributed by atoms with E-state index in [1.165, 1.54) is 25.7 Å². The van der Waals surface area contributed by atoms with E-state index in [0.29, 0.717) is 25.0 Å². The van der Waals surface area contributed by atoms with Crippen molar-refractivity contribution >= 4 is 5.97 Å². The topological polar surface area (TPSA) is 35.5 Å². The zero-order valence-electron chi connectivity index (χ0n) is 11.0. The Labute approximate surface area is 104 Å². The number of esters is 1. The quantitative estimate of drug-likeness (QED) is 0.507. The maximum Gasteiger partial charge on any atom is 0.306 e. The van der Waals surface area contributed by atoms with Gasteiger partial charge in [0, 0.05) is 5.41 Å². The fourth-order valence-corrected chi connectivity index (χ4v) is 3.18. The van der Waals surface area contributed by atoms with Crippen molar-refractivity contribution in [3.05, 3.63) is 0 Å². The standard InChI is InChI=1S/C14H24O3/c1-3-5-6-7-12-14(8-11(14)10-17-12)9-13(15)16-4-2/h11-12H,3-10H2,1-2H3. The maximum absolute atomic E-state index is 11.6. The smallest absolute Gasteiger partial charge is 0.306 e. The van der Waals surface area contributed by atoms with Crippen molar-refractivity contribution in [3.8, 4) is 0 Å². The molecule has 3 atom stereocenters. The highest BCUT2D eigenvalue weighted by atomic mass is 16.5. The number of carbonyl (C=O) groups excluding carboxylic acids is 1. The second-order valence-corrected chi connectivity index (χ2v) is 5.43. The molecule has 1 aliphatic heterocycles. The van der Waals surface area contributed by atoms with E-state index in [0.717, 1.165) is 13.0 Å². The van der Waals surface area contributed by atoms with Crippen LogP contribution >= 0.6 is 0 Å². The fraction of sp³-hybridized carbons (Fsp3) is 0.929. The monoisotopic (exact) mass is 240 g/mol. The molecule has 1 heterocycles. The minimum atomic E-state index is -0.0407. The number of fused-ring (bicyclic) bond motifs is 1. The number of ether oxygens (including phenoxy) is 2. The van der Waals surface area contributed by atoms with Crippen molar-refractivity contribution in [1.82, 2.24) is 0 Å². The number of hydrogen-bond acceptors (Lipinski definition) is 3. The molecule has 17 heavy (non-hydrogen) atoms. The van der Waals surface area contributed by atoms with Gasteiger partial charge in [-0.15, -0.1) is 0 Å². The Kier molecular flexibility index (Phi) is 4.08. The van der Waals surface area contributed by atoms with Gasteiger partial charge in [0.25, 0.3) is 0 Å². The summed E-state index contributed by atoms with van der Waals surface area (Å²) in [4.78, 5) is 11.6. The molecule has 0 amide bonds. The van der Waals surface area contributed by atoms with Gasteiger partial charge in [-0.1, -0.05) is 26.2 Å². The van der Waals surface area contributed by atoms with Gasteiger partial charge in [-0.25, -0.2) is 0 Å². The molecule has 0 N–H and O–H groups in total. The fourth-order valence-electron chi connectivity index (χ4n) is 3.18. The molecule has 3 heteroatoms. The predicted molar refractivity (Wildman–Crippen MR) is 65.7 cm³/mol. The van der Waals surface area contributed by atoms with E-state index in [1.807, 2.05) is 6.92 Å². The summed E-state index contributed by atoms with van der Waals surface area (Å²) in [5.74, 6) is 0.583. The predicted octanol–water partition coefficient (Wildman–Crippen LogP) is 2.93. The van der Waals surface area contributed by atoms with Gasteiger partial charge in [-0.05, 0) is 25.7 Å². The van der Waals surface area contributed by atoms with Crippen LogP contribution in [-0.2, 0) is 14.3 Å². The largest absolute Gasteiger partial charge is 0.466 e. The molecular formula is C14H24O3. The van der Waals surface area contributed by atoms with Crippen LogP contribution in [0.4, 0.5) is 0 Å². The molecular weight excluding hydrogens is 216 g/mol. The van der Waals surface area contributed by atoms with Gasteiger partial charge in [0.2, 0.25) is 0 Å². The van der Waals surface area contributed by atoms with Gasteiger partial charge < -0.3 is 9.47 Å². The molecule has 1 saturated carbocycles. The van der Waals surface area contributed by atoms with Crippen LogP contribution in [0.2, 0.25) is 0 Å². The van der Waals surface area contributed by atoms with E-state index in [-0.39, 0.29) is 11.4 Å². The van der Waals surface area contributed by atoms with Crippen molar-refractivity contribution in [3.63, 3.8) is 0 Å². The maximum atomic E-state index is 11.6. The summed E-state index contributed by atoms with van der Waals surface area (Å²) in [6.45, 7) is 5.42.